The first-order valence-electron chi connectivity index (χ1n) is 5.45. The van der Waals surface area contributed by atoms with E-state index < -0.39 is 0 Å². The summed E-state index contributed by atoms with van der Waals surface area (Å²) in [6.07, 6.45) is 0. The number of ether oxygens (including phenoxy) is 1. The highest BCUT2D eigenvalue weighted by Gasteiger charge is 2.15. The third kappa shape index (κ3) is 4.32. The second-order valence-corrected chi connectivity index (χ2v) is 4.90. The lowest BCUT2D eigenvalue weighted by Crippen LogP contribution is -2.43. The Morgan fingerprint density at radius 3 is 2.94 bits per heavy atom. The number of likely N-dealkylation sites (N-methyl/N-ethyl adjacent to an activating group) is 1. The molecule has 6 heteroatoms. The molecule has 0 spiro atoms. The van der Waals surface area contributed by atoms with E-state index in [2.05, 4.69) is 10.3 Å². The zero-order valence-electron chi connectivity index (χ0n) is 10.7. The van der Waals surface area contributed by atoms with Crippen molar-refractivity contribution in [2.24, 2.45) is 0 Å². The highest BCUT2D eigenvalue weighted by Crippen LogP contribution is 2.08. The smallest absolute Gasteiger partial charge is 0.317 e. The van der Waals surface area contributed by atoms with Crippen molar-refractivity contribution in [3.8, 4) is 0 Å². The van der Waals surface area contributed by atoms with Gasteiger partial charge in [0, 0.05) is 25.2 Å². The van der Waals surface area contributed by atoms with Crippen molar-refractivity contribution in [3.63, 3.8) is 0 Å². The Morgan fingerprint density at radius 2 is 2.41 bits per heavy atom. The van der Waals surface area contributed by atoms with Crippen molar-refractivity contribution in [1.29, 1.82) is 0 Å². The standard InChI is InChI=1S/C11H19N3O2S/c1-8-7-17-10(13-8)5-12-11(15)14(3)9(2)6-16-4/h7,9H,5-6H2,1-4H3,(H,12,15). The summed E-state index contributed by atoms with van der Waals surface area (Å²) in [5.74, 6) is 0. The maximum Gasteiger partial charge on any atom is 0.317 e. The molecule has 96 valence electrons. The molecule has 1 N–H and O–H groups in total. The van der Waals surface area contributed by atoms with Crippen LogP contribution in [0.4, 0.5) is 4.79 Å². The van der Waals surface area contributed by atoms with Gasteiger partial charge in [-0.3, -0.25) is 0 Å². The number of methoxy groups -OCH3 is 1. The first-order valence-corrected chi connectivity index (χ1v) is 6.33. The number of carbonyl (C=O) groups is 1. The molecule has 0 radical (unpaired) electrons. The molecule has 0 aliphatic rings. The van der Waals surface area contributed by atoms with Gasteiger partial charge in [-0.05, 0) is 13.8 Å². The van der Waals surface area contributed by atoms with Crippen LogP contribution in [0.2, 0.25) is 0 Å². The van der Waals surface area contributed by atoms with Gasteiger partial charge in [0.15, 0.2) is 0 Å². The molecule has 1 unspecified atom stereocenters. The number of hydrogen-bond donors (Lipinski definition) is 1. The summed E-state index contributed by atoms with van der Waals surface area (Å²) in [5, 5.41) is 5.72. The highest BCUT2D eigenvalue weighted by molar-refractivity contribution is 7.09. The first-order chi connectivity index (χ1) is 8.04. The van der Waals surface area contributed by atoms with Gasteiger partial charge in [-0.2, -0.15) is 0 Å². The van der Waals surface area contributed by atoms with E-state index in [0.29, 0.717) is 13.2 Å². The van der Waals surface area contributed by atoms with E-state index in [9.17, 15) is 4.79 Å². The topological polar surface area (TPSA) is 54.5 Å². The summed E-state index contributed by atoms with van der Waals surface area (Å²) < 4.78 is 5.01. The number of thiazole rings is 1. The van der Waals surface area contributed by atoms with Crippen molar-refractivity contribution in [2.45, 2.75) is 26.4 Å². The predicted molar refractivity (Wildman–Crippen MR) is 68.2 cm³/mol. The van der Waals surface area contributed by atoms with Gasteiger partial charge in [-0.1, -0.05) is 0 Å². The summed E-state index contributed by atoms with van der Waals surface area (Å²) in [7, 11) is 3.38. The highest BCUT2D eigenvalue weighted by atomic mass is 32.1. The number of amides is 2. The van der Waals surface area contributed by atoms with Crippen LogP contribution in [0.5, 0.6) is 0 Å². The minimum absolute atomic E-state index is 0.0537. The fourth-order valence-corrected chi connectivity index (χ4v) is 2.02. The lowest BCUT2D eigenvalue weighted by atomic mass is 10.3. The third-order valence-electron chi connectivity index (χ3n) is 2.45. The number of hydrogen-bond acceptors (Lipinski definition) is 4. The third-order valence-corrected chi connectivity index (χ3v) is 3.41. The van der Waals surface area contributed by atoms with Crippen LogP contribution in [0.3, 0.4) is 0 Å². The summed E-state index contributed by atoms with van der Waals surface area (Å²) in [6, 6.07) is -0.0552. The molecule has 0 aromatic carbocycles. The van der Waals surface area contributed by atoms with Gasteiger partial charge in [-0.15, -0.1) is 11.3 Å². The average Bonchev–Trinajstić information content (AvgIpc) is 2.71. The van der Waals surface area contributed by atoms with Crippen LogP contribution >= 0.6 is 11.3 Å². The molecule has 1 heterocycles. The molecule has 0 aliphatic heterocycles. The molecule has 0 fully saturated rings. The van der Waals surface area contributed by atoms with Gasteiger partial charge in [-0.25, -0.2) is 9.78 Å². The van der Waals surface area contributed by atoms with Gasteiger partial charge < -0.3 is 15.0 Å². The molecule has 1 rings (SSSR count). The van der Waals surface area contributed by atoms with Gasteiger partial charge in [0.2, 0.25) is 0 Å². The van der Waals surface area contributed by atoms with Crippen LogP contribution in [-0.4, -0.2) is 42.7 Å². The molecule has 5 nitrogen and oxygen atoms in total. The molecular weight excluding hydrogens is 238 g/mol. The van der Waals surface area contributed by atoms with E-state index in [1.165, 1.54) is 0 Å². The number of aryl methyl sites for hydroxylation is 1. The van der Waals surface area contributed by atoms with E-state index in [0.717, 1.165) is 10.7 Å². The van der Waals surface area contributed by atoms with Gasteiger partial charge >= 0.3 is 6.03 Å². The van der Waals surface area contributed by atoms with Crippen LogP contribution in [-0.2, 0) is 11.3 Å². The van der Waals surface area contributed by atoms with Crippen molar-refractivity contribution < 1.29 is 9.53 Å². The van der Waals surface area contributed by atoms with Crippen LogP contribution in [0, 0.1) is 6.92 Å². The van der Waals surface area contributed by atoms with E-state index >= 15 is 0 Å². The molecular formula is C11H19N3O2S. The molecule has 2 amide bonds. The molecule has 1 aromatic heterocycles. The fourth-order valence-electron chi connectivity index (χ4n) is 1.31. The van der Waals surface area contributed by atoms with Crippen LogP contribution in [0.25, 0.3) is 0 Å². The number of rotatable bonds is 5. The van der Waals surface area contributed by atoms with E-state index in [1.807, 2.05) is 19.2 Å². The Labute approximate surface area is 106 Å². The summed E-state index contributed by atoms with van der Waals surface area (Å²) in [6.45, 7) is 4.88. The van der Waals surface area contributed by atoms with Crippen LogP contribution in [0.1, 0.15) is 17.6 Å². The monoisotopic (exact) mass is 257 g/mol. The van der Waals surface area contributed by atoms with Gasteiger partial charge in [0.05, 0.1) is 19.2 Å². The van der Waals surface area contributed by atoms with E-state index in [1.54, 1.807) is 30.4 Å². The van der Waals surface area contributed by atoms with Gasteiger partial charge in [0.25, 0.3) is 0 Å². The number of nitrogens with one attached hydrogen (secondary N) is 1. The van der Waals surface area contributed by atoms with Gasteiger partial charge in [0.1, 0.15) is 5.01 Å². The average molecular weight is 257 g/mol. The largest absolute Gasteiger partial charge is 0.383 e. The molecule has 0 bridgehead atoms. The lowest BCUT2D eigenvalue weighted by Gasteiger charge is -2.24. The fraction of sp³-hybridized carbons (Fsp3) is 0.636. The second-order valence-electron chi connectivity index (χ2n) is 3.96. The molecule has 1 atom stereocenters. The number of carbonyl (C=O) groups excluding carboxylic acids is 1. The van der Waals surface area contributed by atoms with Crippen molar-refractivity contribution >= 4 is 17.4 Å². The van der Waals surface area contributed by atoms with E-state index in [-0.39, 0.29) is 12.1 Å². The molecule has 0 saturated heterocycles. The maximum atomic E-state index is 11.8. The number of aromatic nitrogens is 1. The number of nitrogens with zero attached hydrogens (tertiary/aromatic N) is 2. The second kappa shape index (κ2) is 6.56. The maximum absolute atomic E-state index is 11.8. The van der Waals surface area contributed by atoms with Crippen molar-refractivity contribution in [3.05, 3.63) is 16.1 Å². The summed E-state index contributed by atoms with van der Waals surface area (Å²) in [4.78, 5) is 17.7. The Hall–Kier alpha value is -1.14. The minimum atomic E-state index is -0.109. The quantitative estimate of drug-likeness (QED) is 0.872. The Morgan fingerprint density at radius 1 is 1.71 bits per heavy atom. The predicted octanol–water partition coefficient (Wildman–Crippen LogP) is 1.63. The molecule has 0 saturated carbocycles. The van der Waals surface area contributed by atoms with E-state index in [4.69, 9.17) is 4.74 Å². The molecule has 17 heavy (non-hydrogen) atoms. The Balaban J connectivity index is 2.38. The zero-order chi connectivity index (χ0) is 12.8. The minimum Gasteiger partial charge on any atom is -0.383 e. The van der Waals surface area contributed by atoms with Crippen molar-refractivity contribution in [2.75, 3.05) is 20.8 Å². The zero-order valence-corrected chi connectivity index (χ0v) is 11.5. The Bertz CT molecular complexity index is 367. The number of urea groups is 1. The van der Waals surface area contributed by atoms with Crippen LogP contribution in [0.15, 0.2) is 5.38 Å². The SMILES string of the molecule is COCC(C)N(C)C(=O)NCc1nc(C)cs1. The lowest BCUT2D eigenvalue weighted by molar-refractivity contribution is 0.123. The van der Waals surface area contributed by atoms with Crippen LogP contribution < -0.4 is 5.32 Å². The van der Waals surface area contributed by atoms with Crippen molar-refractivity contribution in [1.82, 2.24) is 15.2 Å². The summed E-state index contributed by atoms with van der Waals surface area (Å²) in [5.41, 5.74) is 0.986. The summed E-state index contributed by atoms with van der Waals surface area (Å²) >= 11 is 1.55. The Kier molecular flexibility index (Phi) is 5.37. The first kappa shape index (κ1) is 13.9. The molecule has 0 aliphatic carbocycles. The normalized spacial score (nSPS) is 12.2. The molecule has 1 aromatic rings.